The first-order chi connectivity index (χ1) is 16.1. The van der Waals surface area contributed by atoms with Gasteiger partial charge in [0.1, 0.15) is 0 Å². The van der Waals surface area contributed by atoms with Crippen LogP contribution in [0.2, 0.25) is 0 Å². The van der Waals surface area contributed by atoms with Crippen LogP contribution in [-0.4, -0.2) is 41.8 Å². The lowest BCUT2D eigenvalue weighted by molar-refractivity contribution is -0.138. The van der Waals surface area contributed by atoms with Crippen LogP contribution in [0.25, 0.3) is 0 Å². The van der Waals surface area contributed by atoms with Crippen molar-refractivity contribution >= 4 is 5.97 Å². The summed E-state index contributed by atoms with van der Waals surface area (Å²) in [6.45, 7) is 5.01. The van der Waals surface area contributed by atoms with Crippen LogP contribution < -0.4 is 0 Å². The Morgan fingerprint density at radius 1 is 0.909 bits per heavy atom. The number of piperidine rings is 1. The van der Waals surface area contributed by atoms with Gasteiger partial charge in [-0.15, -0.1) is 0 Å². The van der Waals surface area contributed by atoms with Crippen molar-refractivity contribution in [1.29, 1.82) is 0 Å². The molecule has 1 atom stereocenters. The Balaban J connectivity index is 1.94. The Hall–Kier alpha value is -3.21. The lowest BCUT2D eigenvalue weighted by Gasteiger charge is -2.48. The van der Waals surface area contributed by atoms with E-state index in [1.807, 2.05) is 18.2 Å². The van der Waals surface area contributed by atoms with Gasteiger partial charge in [0.2, 0.25) is 0 Å². The topological polar surface area (TPSA) is 49.8 Å². The summed E-state index contributed by atoms with van der Waals surface area (Å²) in [5, 5.41) is 10.9. The molecule has 1 heterocycles. The minimum Gasteiger partial charge on any atom is -0.463 e. The zero-order valence-corrected chi connectivity index (χ0v) is 19.3. The molecule has 1 N–H and O–H groups in total. The molecule has 1 unspecified atom stereocenters. The van der Waals surface area contributed by atoms with Crippen LogP contribution in [0.5, 0.6) is 0 Å². The number of ether oxygens (including phenoxy) is 1. The summed E-state index contributed by atoms with van der Waals surface area (Å²) in [6.07, 6.45) is -0.119. The van der Waals surface area contributed by atoms with Crippen molar-refractivity contribution in [3.05, 3.63) is 119 Å². The molecule has 3 aromatic rings. The third-order valence-electron chi connectivity index (χ3n) is 6.55. The van der Waals surface area contributed by atoms with E-state index in [0.29, 0.717) is 31.7 Å². The Labute approximate surface area is 196 Å². The van der Waals surface area contributed by atoms with Crippen LogP contribution in [0, 0.1) is 0 Å². The maximum atomic E-state index is 12.5. The number of benzene rings is 3. The summed E-state index contributed by atoms with van der Waals surface area (Å²) in [5.74, 6) is -0.363. The molecule has 0 spiro atoms. The summed E-state index contributed by atoms with van der Waals surface area (Å²) in [6, 6.07) is 31.4. The number of esters is 1. The minimum atomic E-state index is -0.661. The highest BCUT2D eigenvalue weighted by molar-refractivity contribution is 5.89. The summed E-state index contributed by atoms with van der Waals surface area (Å²) in [4.78, 5) is 14.9. The molecular formula is C29H31NO3. The lowest BCUT2D eigenvalue weighted by atomic mass is 9.74. The molecule has 0 saturated carbocycles. The van der Waals surface area contributed by atoms with Crippen molar-refractivity contribution in [1.82, 2.24) is 4.90 Å². The molecule has 170 valence electrons. The van der Waals surface area contributed by atoms with Gasteiger partial charge >= 0.3 is 5.97 Å². The van der Waals surface area contributed by atoms with Crippen molar-refractivity contribution in [2.45, 2.75) is 31.9 Å². The van der Waals surface area contributed by atoms with Gasteiger partial charge in [0, 0.05) is 18.7 Å². The number of rotatable bonds is 6. The van der Waals surface area contributed by atoms with Crippen LogP contribution in [0.3, 0.4) is 0 Å². The summed E-state index contributed by atoms with van der Waals surface area (Å²) >= 11 is 0. The van der Waals surface area contributed by atoms with Gasteiger partial charge in [-0.1, -0.05) is 91.0 Å². The molecule has 33 heavy (non-hydrogen) atoms. The molecule has 0 aromatic heterocycles. The summed E-state index contributed by atoms with van der Waals surface area (Å²) in [7, 11) is 0. The predicted molar refractivity (Wildman–Crippen MR) is 131 cm³/mol. The van der Waals surface area contributed by atoms with Crippen molar-refractivity contribution < 1.29 is 14.6 Å². The molecule has 4 nitrogen and oxygen atoms in total. The molecule has 4 heteroatoms. The van der Waals surface area contributed by atoms with Gasteiger partial charge in [-0.05, 0) is 42.5 Å². The SMILES string of the molecule is CCOC(=O)/C(C)=C1\CN(C(c2ccccc2)(c2ccccc2)c2ccccc2)CCC1O. The molecular weight excluding hydrogens is 410 g/mol. The highest BCUT2D eigenvalue weighted by Gasteiger charge is 2.44. The number of likely N-dealkylation sites (tertiary alicyclic amines) is 1. The molecule has 0 radical (unpaired) electrons. The zero-order chi connectivity index (χ0) is 23.3. The third kappa shape index (κ3) is 4.37. The van der Waals surface area contributed by atoms with E-state index in [9.17, 15) is 9.90 Å². The number of carbonyl (C=O) groups excluding carboxylic acids is 1. The second-order valence-corrected chi connectivity index (χ2v) is 8.41. The fourth-order valence-corrected chi connectivity index (χ4v) is 4.95. The van der Waals surface area contributed by atoms with E-state index in [1.54, 1.807) is 13.8 Å². The Kier molecular flexibility index (Phi) is 7.07. The number of aliphatic hydroxyl groups is 1. The molecule has 0 amide bonds. The Morgan fingerprint density at radius 2 is 1.36 bits per heavy atom. The van der Waals surface area contributed by atoms with E-state index in [-0.39, 0.29) is 5.97 Å². The minimum absolute atomic E-state index is 0.311. The largest absolute Gasteiger partial charge is 0.463 e. The second kappa shape index (κ2) is 10.2. The van der Waals surface area contributed by atoms with Gasteiger partial charge in [-0.3, -0.25) is 4.90 Å². The van der Waals surface area contributed by atoms with E-state index >= 15 is 0 Å². The van der Waals surface area contributed by atoms with Crippen molar-refractivity contribution in [2.75, 3.05) is 19.7 Å². The summed E-state index contributed by atoms with van der Waals surface area (Å²) in [5.41, 5.74) is 4.08. The monoisotopic (exact) mass is 441 g/mol. The maximum Gasteiger partial charge on any atom is 0.333 e. The van der Waals surface area contributed by atoms with Gasteiger partial charge < -0.3 is 9.84 Å². The van der Waals surface area contributed by atoms with Crippen LogP contribution in [0.1, 0.15) is 37.0 Å². The van der Waals surface area contributed by atoms with E-state index in [1.165, 1.54) is 0 Å². The predicted octanol–water partition coefficient (Wildman–Crippen LogP) is 4.92. The van der Waals surface area contributed by atoms with Crippen molar-refractivity contribution in [3.63, 3.8) is 0 Å². The molecule has 1 fully saturated rings. The highest BCUT2D eigenvalue weighted by Crippen LogP contribution is 2.44. The number of aliphatic hydroxyl groups excluding tert-OH is 1. The number of nitrogens with zero attached hydrogens (tertiary/aromatic N) is 1. The van der Waals surface area contributed by atoms with Gasteiger partial charge in [-0.2, -0.15) is 0 Å². The number of carbonyl (C=O) groups is 1. The van der Waals surface area contributed by atoms with Crippen molar-refractivity contribution in [3.8, 4) is 0 Å². The van der Waals surface area contributed by atoms with Crippen LogP contribution in [-0.2, 0) is 15.1 Å². The number of hydrogen-bond donors (Lipinski definition) is 1. The average Bonchev–Trinajstić information content (AvgIpc) is 2.87. The first-order valence-electron chi connectivity index (χ1n) is 11.6. The molecule has 1 saturated heterocycles. The van der Waals surface area contributed by atoms with Crippen LogP contribution >= 0.6 is 0 Å². The van der Waals surface area contributed by atoms with Gasteiger partial charge in [-0.25, -0.2) is 4.79 Å². The zero-order valence-electron chi connectivity index (χ0n) is 19.3. The van der Waals surface area contributed by atoms with E-state index < -0.39 is 11.6 Å². The molecule has 1 aliphatic rings. The molecule has 1 aliphatic heterocycles. The molecule has 4 rings (SSSR count). The highest BCUT2D eigenvalue weighted by atomic mass is 16.5. The average molecular weight is 442 g/mol. The smallest absolute Gasteiger partial charge is 0.333 e. The standard InChI is InChI=1S/C29H31NO3/c1-3-33-28(32)22(2)26-21-30(20-19-27(26)31)29(23-13-7-4-8-14-23,24-15-9-5-10-16-24)25-17-11-6-12-18-25/h4-18,27,31H,3,19-21H2,1-2H3/b26-22+. The second-order valence-electron chi connectivity index (χ2n) is 8.41. The quantitative estimate of drug-likeness (QED) is 0.335. The molecule has 3 aromatic carbocycles. The van der Waals surface area contributed by atoms with E-state index in [2.05, 4.69) is 77.7 Å². The van der Waals surface area contributed by atoms with Gasteiger partial charge in [0.15, 0.2) is 0 Å². The number of hydrogen-bond acceptors (Lipinski definition) is 4. The van der Waals surface area contributed by atoms with Crippen LogP contribution in [0.4, 0.5) is 0 Å². The summed E-state index contributed by atoms with van der Waals surface area (Å²) < 4.78 is 5.25. The van der Waals surface area contributed by atoms with Gasteiger partial charge in [0.25, 0.3) is 0 Å². The van der Waals surface area contributed by atoms with E-state index in [4.69, 9.17) is 4.74 Å². The van der Waals surface area contributed by atoms with E-state index in [0.717, 1.165) is 22.3 Å². The normalized spacial score (nSPS) is 18.6. The lowest BCUT2D eigenvalue weighted by Crippen LogP contribution is -2.53. The molecule has 0 aliphatic carbocycles. The first-order valence-corrected chi connectivity index (χ1v) is 11.6. The fraction of sp³-hybridized carbons (Fsp3) is 0.276. The Morgan fingerprint density at radius 3 is 1.79 bits per heavy atom. The van der Waals surface area contributed by atoms with Crippen LogP contribution in [0.15, 0.2) is 102 Å². The third-order valence-corrected chi connectivity index (χ3v) is 6.55. The Bertz CT molecular complexity index is 997. The van der Waals surface area contributed by atoms with Crippen molar-refractivity contribution in [2.24, 2.45) is 0 Å². The fourth-order valence-electron chi connectivity index (χ4n) is 4.95. The van der Waals surface area contributed by atoms with Gasteiger partial charge in [0.05, 0.1) is 18.2 Å². The maximum absolute atomic E-state index is 12.5. The first kappa shape index (κ1) is 23.0. The molecule has 0 bridgehead atoms.